The van der Waals surface area contributed by atoms with Crippen molar-refractivity contribution < 1.29 is 4.79 Å². The molecule has 0 bridgehead atoms. The average molecular weight is 290 g/mol. The number of aromatic nitrogens is 1. The van der Waals surface area contributed by atoms with Gasteiger partial charge < -0.3 is 9.80 Å². The third-order valence-corrected chi connectivity index (χ3v) is 4.04. The van der Waals surface area contributed by atoms with Crippen molar-refractivity contribution >= 4 is 34.6 Å². The molecule has 0 unspecified atom stereocenters. The summed E-state index contributed by atoms with van der Waals surface area (Å²) in [5, 5.41) is 1.52. The summed E-state index contributed by atoms with van der Waals surface area (Å²) in [4.78, 5) is 20.4. The van der Waals surface area contributed by atoms with Crippen LogP contribution in [0.25, 0.3) is 10.9 Å². The zero-order valence-corrected chi connectivity index (χ0v) is 12.1. The molecule has 2 heterocycles. The van der Waals surface area contributed by atoms with Crippen LogP contribution in [0.5, 0.6) is 0 Å². The highest BCUT2D eigenvalue weighted by Gasteiger charge is 2.19. The molecule has 0 N–H and O–H groups in total. The molecule has 20 heavy (non-hydrogen) atoms. The van der Waals surface area contributed by atoms with Gasteiger partial charge in [-0.1, -0.05) is 23.7 Å². The van der Waals surface area contributed by atoms with Gasteiger partial charge in [0.2, 0.25) is 0 Å². The second-order valence-electron chi connectivity index (χ2n) is 5.12. The van der Waals surface area contributed by atoms with Crippen LogP contribution in [0.15, 0.2) is 24.3 Å². The summed E-state index contributed by atoms with van der Waals surface area (Å²) in [6, 6.07) is 7.49. The first-order valence-electron chi connectivity index (χ1n) is 6.67. The Balaban J connectivity index is 2.09. The Morgan fingerprint density at radius 2 is 2.00 bits per heavy atom. The van der Waals surface area contributed by atoms with Crippen LogP contribution in [0.1, 0.15) is 10.4 Å². The second kappa shape index (κ2) is 5.38. The largest absolute Gasteiger partial charge is 0.353 e. The van der Waals surface area contributed by atoms with E-state index in [-0.39, 0.29) is 0 Å². The molecule has 1 aliphatic rings. The molecule has 1 fully saturated rings. The minimum absolute atomic E-state index is 0.621. The quantitative estimate of drug-likeness (QED) is 0.796. The minimum Gasteiger partial charge on any atom is -0.353 e. The van der Waals surface area contributed by atoms with E-state index in [1.165, 1.54) is 0 Å². The fourth-order valence-electron chi connectivity index (χ4n) is 2.53. The molecule has 0 saturated carbocycles. The third kappa shape index (κ3) is 2.37. The van der Waals surface area contributed by atoms with Crippen molar-refractivity contribution in [2.24, 2.45) is 0 Å². The Morgan fingerprint density at radius 1 is 1.25 bits per heavy atom. The third-order valence-electron chi connectivity index (χ3n) is 3.73. The molecular weight excluding hydrogens is 274 g/mol. The molecule has 3 rings (SSSR count). The highest BCUT2D eigenvalue weighted by Crippen LogP contribution is 2.27. The van der Waals surface area contributed by atoms with Gasteiger partial charge in [0.15, 0.2) is 6.29 Å². The highest BCUT2D eigenvalue weighted by atomic mass is 35.5. The summed E-state index contributed by atoms with van der Waals surface area (Å²) in [7, 11) is 2.10. The first-order chi connectivity index (χ1) is 9.69. The molecule has 1 saturated heterocycles. The summed E-state index contributed by atoms with van der Waals surface area (Å²) >= 11 is 6.21. The summed E-state index contributed by atoms with van der Waals surface area (Å²) in [6.07, 6.45) is 0.876. The molecule has 0 amide bonds. The van der Waals surface area contributed by atoms with E-state index in [4.69, 9.17) is 11.6 Å². The standard InChI is InChI=1S/C15H16ClN3O/c1-18-5-7-19(8-6-18)15-12(10-20)9-11-3-2-4-13(16)14(11)17-15/h2-4,9-10H,5-8H2,1H3. The normalized spacial score (nSPS) is 16.6. The number of benzene rings is 1. The van der Waals surface area contributed by atoms with Gasteiger partial charge in [-0.3, -0.25) is 4.79 Å². The smallest absolute Gasteiger partial charge is 0.153 e. The number of pyridine rings is 1. The van der Waals surface area contributed by atoms with Crippen LogP contribution in [0.3, 0.4) is 0 Å². The number of nitrogens with zero attached hydrogens (tertiary/aromatic N) is 3. The SMILES string of the molecule is CN1CCN(c2nc3c(Cl)cccc3cc2C=O)CC1. The van der Waals surface area contributed by atoms with Crippen LogP contribution in [0, 0.1) is 0 Å². The van der Waals surface area contributed by atoms with Crippen molar-refractivity contribution in [1.29, 1.82) is 0 Å². The molecule has 1 aromatic carbocycles. The van der Waals surface area contributed by atoms with Gasteiger partial charge in [-0.25, -0.2) is 4.98 Å². The number of carbonyl (C=O) groups is 1. The van der Waals surface area contributed by atoms with E-state index in [1.807, 2.05) is 24.3 Å². The maximum absolute atomic E-state index is 11.4. The lowest BCUT2D eigenvalue weighted by molar-refractivity contribution is 0.112. The molecular formula is C15H16ClN3O. The highest BCUT2D eigenvalue weighted by molar-refractivity contribution is 6.35. The average Bonchev–Trinajstić information content (AvgIpc) is 2.47. The van der Waals surface area contributed by atoms with Gasteiger partial charge in [0.1, 0.15) is 5.82 Å². The Hall–Kier alpha value is -1.65. The van der Waals surface area contributed by atoms with Gasteiger partial charge in [0.25, 0.3) is 0 Å². The lowest BCUT2D eigenvalue weighted by atomic mass is 10.1. The molecule has 0 spiro atoms. The predicted molar refractivity (Wildman–Crippen MR) is 81.9 cm³/mol. The van der Waals surface area contributed by atoms with Crippen molar-refractivity contribution in [3.8, 4) is 0 Å². The zero-order valence-electron chi connectivity index (χ0n) is 11.3. The van der Waals surface area contributed by atoms with Crippen molar-refractivity contribution in [3.05, 3.63) is 34.9 Å². The van der Waals surface area contributed by atoms with Crippen LogP contribution in [0.4, 0.5) is 5.82 Å². The summed E-state index contributed by atoms with van der Waals surface area (Å²) in [5.41, 5.74) is 1.39. The number of halogens is 1. The van der Waals surface area contributed by atoms with Crippen molar-refractivity contribution in [2.45, 2.75) is 0 Å². The van der Waals surface area contributed by atoms with E-state index < -0.39 is 0 Å². The van der Waals surface area contributed by atoms with E-state index in [1.54, 1.807) is 0 Å². The fourth-order valence-corrected chi connectivity index (χ4v) is 2.75. The molecule has 4 nitrogen and oxygen atoms in total. The monoisotopic (exact) mass is 289 g/mol. The van der Waals surface area contributed by atoms with Gasteiger partial charge >= 0.3 is 0 Å². The molecule has 1 aromatic heterocycles. The number of piperazine rings is 1. The van der Waals surface area contributed by atoms with Crippen molar-refractivity contribution in [3.63, 3.8) is 0 Å². The van der Waals surface area contributed by atoms with Crippen molar-refractivity contribution in [1.82, 2.24) is 9.88 Å². The molecule has 0 aliphatic carbocycles. The van der Waals surface area contributed by atoms with E-state index in [0.717, 1.165) is 49.2 Å². The summed E-state index contributed by atoms with van der Waals surface area (Å²) in [5.74, 6) is 0.744. The lowest BCUT2D eigenvalue weighted by Gasteiger charge is -2.33. The number of carbonyl (C=O) groups excluding carboxylic acids is 1. The molecule has 2 aromatic rings. The molecule has 5 heteroatoms. The molecule has 0 atom stereocenters. The number of fused-ring (bicyclic) bond motifs is 1. The van der Waals surface area contributed by atoms with Crippen LogP contribution in [0.2, 0.25) is 5.02 Å². The van der Waals surface area contributed by atoms with Crippen LogP contribution in [-0.4, -0.2) is 49.4 Å². The maximum atomic E-state index is 11.4. The number of anilines is 1. The van der Waals surface area contributed by atoms with Gasteiger partial charge in [-0.15, -0.1) is 0 Å². The Kier molecular flexibility index (Phi) is 3.59. The lowest BCUT2D eigenvalue weighted by Crippen LogP contribution is -2.45. The Morgan fingerprint density at radius 3 is 2.70 bits per heavy atom. The van der Waals surface area contributed by atoms with E-state index >= 15 is 0 Å². The number of hydrogen-bond acceptors (Lipinski definition) is 4. The first-order valence-corrected chi connectivity index (χ1v) is 7.05. The van der Waals surface area contributed by atoms with Gasteiger partial charge in [-0.05, 0) is 19.2 Å². The van der Waals surface area contributed by atoms with E-state index in [2.05, 4.69) is 21.8 Å². The van der Waals surface area contributed by atoms with Crippen molar-refractivity contribution in [2.75, 3.05) is 38.1 Å². The Bertz CT molecular complexity index is 651. The number of rotatable bonds is 2. The molecule has 1 aliphatic heterocycles. The summed E-state index contributed by atoms with van der Waals surface area (Å²) in [6.45, 7) is 3.70. The first kappa shape index (κ1) is 13.3. The van der Waals surface area contributed by atoms with Gasteiger partial charge in [0.05, 0.1) is 16.1 Å². The number of hydrogen-bond donors (Lipinski definition) is 0. The predicted octanol–water partition coefficient (Wildman–Crippen LogP) is 2.45. The molecule has 104 valence electrons. The van der Waals surface area contributed by atoms with Crippen LogP contribution in [-0.2, 0) is 0 Å². The van der Waals surface area contributed by atoms with Gasteiger partial charge in [0, 0.05) is 31.6 Å². The van der Waals surface area contributed by atoms with E-state index in [0.29, 0.717) is 10.6 Å². The van der Waals surface area contributed by atoms with Crippen LogP contribution < -0.4 is 4.90 Å². The minimum atomic E-state index is 0.621. The van der Waals surface area contributed by atoms with Gasteiger partial charge in [-0.2, -0.15) is 0 Å². The zero-order chi connectivity index (χ0) is 14.1. The maximum Gasteiger partial charge on any atom is 0.153 e. The summed E-state index contributed by atoms with van der Waals surface area (Å²) < 4.78 is 0. The Labute approximate surface area is 123 Å². The van der Waals surface area contributed by atoms with E-state index in [9.17, 15) is 4.79 Å². The number of para-hydroxylation sites is 1. The topological polar surface area (TPSA) is 36.4 Å². The second-order valence-corrected chi connectivity index (χ2v) is 5.53. The number of aldehydes is 1. The molecule has 0 radical (unpaired) electrons. The fraction of sp³-hybridized carbons (Fsp3) is 0.333. The van der Waals surface area contributed by atoms with Crippen LogP contribution >= 0.6 is 11.6 Å². The number of likely N-dealkylation sites (N-methyl/N-ethyl adjacent to an activating group) is 1.